The van der Waals surface area contributed by atoms with Gasteiger partial charge in [0, 0.05) is 18.1 Å². The first-order valence-electron chi connectivity index (χ1n) is 5.42. The van der Waals surface area contributed by atoms with E-state index in [9.17, 15) is 4.79 Å². The predicted molar refractivity (Wildman–Crippen MR) is 74.3 cm³/mol. The summed E-state index contributed by atoms with van der Waals surface area (Å²) in [7, 11) is 0. The Kier molecular flexibility index (Phi) is 3.53. The number of anilines is 1. The average molecular weight is 269 g/mol. The number of hydrogen-bond acceptors (Lipinski definition) is 6. The zero-order chi connectivity index (χ0) is 12.5. The average Bonchev–Trinajstić information content (AvgIpc) is 2.64. The zero-order valence-corrected chi connectivity index (χ0v) is 11.7. The summed E-state index contributed by atoms with van der Waals surface area (Å²) >= 11 is 3.13. The van der Waals surface area contributed by atoms with Crippen molar-refractivity contribution in [3.05, 3.63) is 11.1 Å². The highest BCUT2D eigenvalue weighted by Gasteiger charge is 2.23. The molecule has 0 aliphatic carbocycles. The molecule has 0 atom stereocenters. The number of amidine groups is 1. The highest BCUT2D eigenvalue weighted by atomic mass is 32.2. The van der Waals surface area contributed by atoms with Gasteiger partial charge in [-0.1, -0.05) is 11.8 Å². The van der Waals surface area contributed by atoms with Crippen LogP contribution < -0.4 is 5.32 Å². The molecule has 2 heterocycles. The van der Waals surface area contributed by atoms with Gasteiger partial charge in [-0.25, -0.2) is 4.98 Å². The quantitative estimate of drug-likeness (QED) is 0.838. The van der Waals surface area contributed by atoms with Gasteiger partial charge in [0.1, 0.15) is 5.69 Å². The molecule has 1 N–H and O–H groups in total. The van der Waals surface area contributed by atoms with E-state index in [0.29, 0.717) is 5.69 Å². The molecular formula is C11H15N3OS2. The number of thiazole rings is 1. The van der Waals surface area contributed by atoms with Crippen molar-refractivity contribution in [1.29, 1.82) is 0 Å². The molecule has 1 aliphatic heterocycles. The third-order valence-corrected chi connectivity index (χ3v) is 4.07. The Labute approximate surface area is 109 Å². The fourth-order valence-electron chi connectivity index (χ4n) is 1.41. The zero-order valence-electron chi connectivity index (χ0n) is 10.1. The van der Waals surface area contributed by atoms with Crippen LogP contribution in [-0.4, -0.2) is 27.2 Å². The van der Waals surface area contributed by atoms with Crippen LogP contribution in [-0.2, 0) is 0 Å². The molecule has 0 fully saturated rings. The Morgan fingerprint density at radius 2 is 2.29 bits per heavy atom. The summed E-state index contributed by atoms with van der Waals surface area (Å²) in [5, 5.41) is 6.58. The SMILES string of the molecule is CC(=O)c1csc(NC2=NC(C)(C)CCS2)n1. The molecule has 4 nitrogen and oxygen atoms in total. The molecule has 0 saturated heterocycles. The molecule has 0 spiro atoms. The summed E-state index contributed by atoms with van der Waals surface area (Å²) in [4.78, 5) is 20.0. The number of nitrogens with zero attached hydrogens (tertiary/aromatic N) is 2. The molecule has 92 valence electrons. The van der Waals surface area contributed by atoms with E-state index in [2.05, 4.69) is 29.1 Å². The first-order valence-corrected chi connectivity index (χ1v) is 7.29. The van der Waals surface area contributed by atoms with Gasteiger partial charge in [0.15, 0.2) is 16.1 Å². The van der Waals surface area contributed by atoms with Crippen LogP contribution in [0.4, 0.5) is 5.13 Å². The number of carbonyl (C=O) groups is 1. The maximum absolute atomic E-state index is 11.1. The van der Waals surface area contributed by atoms with Gasteiger partial charge in [-0.15, -0.1) is 11.3 Å². The fraction of sp³-hybridized carbons (Fsp3) is 0.545. The van der Waals surface area contributed by atoms with Crippen molar-refractivity contribution in [1.82, 2.24) is 4.98 Å². The molecular weight excluding hydrogens is 254 g/mol. The van der Waals surface area contributed by atoms with Crippen LogP contribution in [0, 0.1) is 0 Å². The number of ketones is 1. The largest absolute Gasteiger partial charge is 0.311 e. The molecule has 0 saturated carbocycles. The van der Waals surface area contributed by atoms with Crippen molar-refractivity contribution < 1.29 is 4.79 Å². The highest BCUT2D eigenvalue weighted by Crippen LogP contribution is 2.27. The Bertz CT molecular complexity index is 465. The lowest BCUT2D eigenvalue weighted by atomic mass is 10.0. The van der Waals surface area contributed by atoms with Crippen LogP contribution in [0.15, 0.2) is 10.4 Å². The lowest BCUT2D eigenvalue weighted by Crippen LogP contribution is -2.27. The van der Waals surface area contributed by atoms with Crippen LogP contribution in [0.5, 0.6) is 0 Å². The molecule has 0 aromatic carbocycles. The number of thioether (sulfide) groups is 1. The van der Waals surface area contributed by atoms with Crippen molar-refractivity contribution in [3.8, 4) is 0 Å². The van der Waals surface area contributed by atoms with Crippen LogP contribution in [0.25, 0.3) is 0 Å². The summed E-state index contributed by atoms with van der Waals surface area (Å²) in [5.74, 6) is 1.05. The Morgan fingerprint density at radius 3 is 2.88 bits per heavy atom. The molecule has 6 heteroatoms. The molecule has 1 aromatic rings. The molecule has 0 radical (unpaired) electrons. The maximum Gasteiger partial charge on any atom is 0.189 e. The number of aromatic nitrogens is 1. The summed E-state index contributed by atoms with van der Waals surface area (Å²) in [6, 6.07) is 0. The number of aliphatic imine (C=N–C) groups is 1. The maximum atomic E-state index is 11.1. The minimum atomic E-state index is -0.00661. The third kappa shape index (κ3) is 3.29. The summed E-state index contributed by atoms with van der Waals surface area (Å²) in [6.07, 6.45) is 1.08. The first-order chi connectivity index (χ1) is 7.96. The Hall–Kier alpha value is -0.880. The number of carbonyl (C=O) groups excluding carboxylic acids is 1. The topological polar surface area (TPSA) is 54.4 Å². The minimum absolute atomic E-state index is 0.00571. The highest BCUT2D eigenvalue weighted by molar-refractivity contribution is 8.14. The van der Waals surface area contributed by atoms with Crippen molar-refractivity contribution in [3.63, 3.8) is 0 Å². The second kappa shape index (κ2) is 4.78. The van der Waals surface area contributed by atoms with Gasteiger partial charge in [-0.3, -0.25) is 9.79 Å². The second-order valence-electron chi connectivity index (χ2n) is 4.55. The van der Waals surface area contributed by atoms with Crippen LogP contribution in [0.2, 0.25) is 0 Å². The number of rotatable bonds is 2. The van der Waals surface area contributed by atoms with Crippen molar-refractivity contribution >= 4 is 39.2 Å². The molecule has 17 heavy (non-hydrogen) atoms. The predicted octanol–water partition coefficient (Wildman–Crippen LogP) is 3.03. The van der Waals surface area contributed by atoms with E-state index < -0.39 is 0 Å². The lowest BCUT2D eigenvalue weighted by molar-refractivity contribution is 0.101. The van der Waals surface area contributed by atoms with Gasteiger partial charge in [-0.05, 0) is 20.3 Å². The van der Waals surface area contributed by atoms with Gasteiger partial charge in [0.05, 0.1) is 5.54 Å². The smallest absolute Gasteiger partial charge is 0.189 e. The van der Waals surface area contributed by atoms with E-state index in [4.69, 9.17) is 0 Å². The number of hydrogen-bond donors (Lipinski definition) is 1. The second-order valence-corrected chi connectivity index (χ2v) is 6.49. The van der Waals surface area contributed by atoms with E-state index in [1.54, 1.807) is 17.1 Å². The van der Waals surface area contributed by atoms with Gasteiger partial charge < -0.3 is 5.32 Å². The minimum Gasteiger partial charge on any atom is -0.311 e. The van der Waals surface area contributed by atoms with Gasteiger partial charge in [0.2, 0.25) is 0 Å². The third-order valence-electron chi connectivity index (χ3n) is 2.44. The molecule has 1 aliphatic rings. The molecule has 0 amide bonds. The van der Waals surface area contributed by atoms with Crippen LogP contribution >= 0.6 is 23.1 Å². The van der Waals surface area contributed by atoms with Crippen molar-refractivity contribution in [2.24, 2.45) is 4.99 Å². The normalized spacial score (nSPS) is 18.6. The van der Waals surface area contributed by atoms with Gasteiger partial charge in [-0.2, -0.15) is 0 Å². The standard InChI is InChI=1S/C11H15N3OS2/c1-7(15)8-6-17-9(12-8)13-10-14-11(2,3)4-5-16-10/h6H,4-5H2,1-3H3,(H,12,13,14). The first kappa shape index (κ1) is 12.6. The van der Waals surface area contributed by atoms with E-state index >= 15 is 0 Å². The van der Waals surface area contributed by atoms with Gasteiger partial charge >= 0.3 is 0 Å². The van der Waals surface area contributed by atoms with E-state index in [1.807, 2.05) is 0 Å². The van der Waals surface area contributed by atoms with Crippen molar-refractivity contribution in [2.75, 3.05) is 11.1 Å². The molecule has 0 bridgehead atoms. The van der Waals surface area contributed by atoms with Crippen LogP contribution in [0.3, 0.4) is 0 Å². The van der Waals surface area contributed by atoms with Crippen LogP contribution in [0.1, 0.15) is 37.7 Å². The lowest BCUT2D eigenvalue weighted by Gasteiger charge is -2.25. The Balaban J connectivity index is 2.10. The van der Waals surface area contributed by atoms with Gasteiger partial charge in [0.25, 0.3) is 0 Å². The molecule has 1 aromatic heterocycles. The van der Waals surface area contributed by atoms with Crippen molar-refractivity contribution in [2.45, 2.75) is 32.7 Å². The molecule has 0 unspecified atom stereocenters. The molecule has 2 rings (SSSR count). The summed E-state index contributed by atoms with van der Waals surface area (Å²) in [6.45, 7) is 5.77. The number of nitrogens with one attached hydrogen (secondary N) is 1. The van der Waals surface area contributed by atoms with E-state index in [0.717, 1.165) is 22.5 Å². The monoisotopic (exact) mass is 269 g/mol. The van der Waals surface area contributed by atoms with E-state index in [1.165, 1.54) is 18.3 Å². The summed E-state index contributed by atoms with van der Waals surface area (Å²) < 4.78 is 0. The Morgan fingerprint density at radius 1 is 1.53 bits per heavy atom. The summed E-state index contributed by atoms with van der Waals surface area (Å²) in [5.41, 5.74) is 0.506. The number of Topliss-reactive ketones (excluding diaryl/α,β-unsaturated/α-hetero) is 1. The van der Waals surface area contributed by atoms with E-state index in [-0.39, 0.29) is 11.3 Å². The fourth-order valence-corrected chi connectivity index (χ4v) is 3.50.